The third kappa shape index (κ3) is 3.37. The molecule has 0 saturated heterocycles. The van der Waals surface area contributed by atoms with Crippen molar-refractivity contribution in [3.8, 4) is 5.75 Å². The normalized spacial score (nSPS) is 12.0. The van der Waals surface area contributed by atoms with E-state index in [1.165, 1.54) is 0 Å². The van der Waals surface area contributed by atoms with E-state index in [0.29, 0.717) is 15.8 Å². The number of benzene rings is 2. The molecule has 0 radical (unpaired) electrons. The number of hydrogen-bond donors (Lipinski definition) is 2. The van der Waals surface area contributed by atoms with E-state index in [4.69, 9.17) is 27.9 Å². The Morgan fingerprint density at radius 2 is 1.95 bits per heavy atom. The molecule has 5 heteroatoms. The van der Waals surface area contributed by atoms with Crippen molar-refractivity contribution in [1.82, 2.24) is 0 Å². The highest BCUT2D eigenvalue weighted by molar-refractivity contribution is 6.33. The molecule has 0 aliphatic rings. The average molecular weight is 312 g/mol. The molecule has 2 aromatic rings. The number of halogens is 2. The van der Waals surface area contributed by atoms with Gasteiger partial charge in [0.15, 0.2) is 0 Å². The van der Waals surface area contributed by atoms with Crippen LogP contribution in [0.2, 0.25) is 10.0 Å². The van der Waals surface area contributed by atoms with Gasteiger partial charge in [0.1, 0.15) is 5.75 Å². The van der Waals surface area contributed by atoms with E-state index in [1.807, 2.05) is 24.3 Å². The summed E-state index contributed by atoms with van der Waals surface area (Å²) in [7, 11) is 1.60. The third-order valence-corrected chi connectivity index (χ3v) is 3.53. The Balaban J connectivity index is 2.31. The van der Waals surface area contributed by atoms with Crippen LogP contribution in [0.15, 0.2) is 42.5 Å². The zero-order chi connectivity index (χ0) is 14.5. The van der Waals surface area contributed by atoms with Crippen LogP contribution in [-0.4, -0.2) is 18.8 Å². The molecule has 2 N–H and O–H groups in total. The standard InChI is InChI=1S/C15H15Cl2NO2/c1-20-15-5-3-2-4-13(15)18-14(9-19)11-8-10(16)6-7-12(11)17/h2-8,14,18-19H,9H2,1H3. The molecule has 0 bridgehead atoms. The third-order valence-electron chi connectivity index (χ3n) is 2.95. The van der Waals surface area contributed by atoms with Gasteiger partial charge in [-0.2, -0.15) is 0 Å². The summed E-state index contributed by atoms with van der Waals surface area (Å²) < 4.78 is 5.28. The van der Waals surface area contributed by atoms with Crippen molar-refractivity contribution >= 4 is 28.9 Å². The first-order valence-corrected chi connectivity index (χ1v) is 6.86. The van der Waals surface area contributed by atoms with Crippen molar-refractivity contribution < 1.29 is 9.84 Å². The Labute approximate surface area is 128 Å². The average Bonchev–Trinajstić information content (AvgIpc) is 2.48. The highest BCUT2D eigenvalue weighted by Crippen LogP contribution is 2.31. The first-order valence-electron chi connectivity index (χ1n) is 6.11. The lowest BCUT2D eigenvalue weighted by Crippen LogP contribution is -2.15. The molecule has 1 atom stereocenters. The molecular formula is C15H15Cl2NO2. The summed E-state index contributed by atoms with van der Waals surface area (Å²) in [6, 6.07) is 12.3. The van der Waals surface area contributed by atoms with Gasteiger partial charge in [0.2, 0.25) is 0 Å². The van der Waals surface area contributed by atoms with Gasteiger partial charge in [-0.1, -0.05) is 35.3 Å². The van der Waals surface area contributed by atoms with Gasteiger partial charge in [-0.05, 0) is 35.9 Å². The van der Waals surface area contributed by atoms with Crippen molar-refractivity contribution in [2.75, 3.05) is 19.0 Å². The van der Waals surface area contributed by atoms with Gasteiger partial charge < -0.3 is 15.2 Å². The van der Waals surface area contributed by atoms with E-state index >= 15 is 0 Å². The number of anilines is 1. The van der Waals surface area contributed by atoms with E-state index in [9.17, 15) is 5.11 Å². The smallest absolute Gasteiger partial charge is 0.141 e. The van der Waals surface area contributed by atoms with E-state index in [0.717, 1.165) is 11.3 Å². The second-order valence-corrected chi connectivity index (χ2v) is 5.09. The lowest BCUT2D eigenvalue weighted by atomic mass is 10.1. The van der Waals surface area contributed by atoms with Crippen molar-refractivity contribution in [2.24, 2.45) is 0 Å². The van der Waals surface area contributed by atoms with Gasteiger partial charge in [0.25, 0.3) is 0 Å². The molecule has 2 aromatic carbocycles. The molecule has 0 aromatic heterocycles. The summed E-state index contributed by atoms with van der Waals surface area (Å²) in [6.07, 6.45) is 0. The Kier molecular flexibility index (Phi) is 5.12. The fourth-order valence-electron chi connectivity index (χ4n) is 1.95. The topological polar surface area (TPSA) is 41.5 Å². The number of para-hydroxylation sites is 2. The van der Waals surface area contributed by atoms with Crippen molar-refractivity contribution in [2.45, 2.75) is 6.04 Å². The minimum Gasteiger partial charge on any atom is -0.495 e. The van der Waals surface area contributed by atoms with Gasteiger partial charge in [-0.3, -0.25) is 0 Å². The highest BCUT2D eigenvalue weighted by atomic mass is 35.5. The predicted octanol–water partition coefficient (Wildman–Crippen LogP) is 4.15. The molecule has 0 heterocycles. The fourth-order valence-corrected chi connectivity index (χ4v) is 2.38. The molecule has 3 nitrogen and oxygen atoms in total. The zero-order valence-electron chi connectivity index (χ0n) is 10.9. The SMILES string of the molecule is COc1ccccc1NC(CO)c1cc(Cl)ccc1Cl. The van der Waals surface area contributed by atoms with Gasteiger partial charge >= 0.3 is 0 Å². The number of nitrogens with one attached hydrogen (secondary N) is 1. The van der Waals surface area contributed by atoms with Crippen LogP contribution in [0.4, 0.5) is 5.69 Å². The van der Waals surface area contributed by atoms with Crippen molar-refractivity contribution in [3.05, 3.63) is 58.1 Å². The lowest BCUT2D eigenvalue weighted by molar-refractivity contribution is 0.276. The van der Waals surface area contributed by atoms with Crippen LogP contribution in [0.25, 0.3) is 0 Å². The molecule has 1 unspecified atom stereocenters. The maximum atomic E-state index is 9.61. The number of methoxy groups -OCH3 is 1. The number of aliphatic hydroxyl groups is 1. The molecule has 0 spiro atoms. The monoisotopic (exact) mass is 311 g/mol. The minimum atomic E-state index is -0.363. The molecule has 0 aliphatic heterocycles. The zero-order valence-corrected chi connectivity index (χ0v) is 12.4. The Morgan fingerprint density at radius 1 is 1.20 bits per heavy atom. The first-order chi connectivity index (χ1) is 9.65. The molecule has 0 aliphatic carbocycles. The minimum absolute atomic E-state index is 0.113. The Hall–Kier alpha value is -1.42. The van der Waals surface area contributed by atoms with Crippen LogP contribution in [0, 0.1) is 0 Å². The summed E-state index contributed by atoms with van der Waals surface area (Å²) in [5, 5.41) is 14.0. The van der Waals surface area contributed by atoms with Crippen LogP contribution >= 0.6 is 23.2 Å². The van der Waals surface area contributed by atoms with Crippen LogP contribution in [-0.2, 0) is 0 Å². The summed E-state index contributed by atoms with van der Waals surface area (Å²) in [6.45, 7) is -0.113. The van der Waals surface area contributed by atoms with Gasteiger partial charge in [-0.25, -0.2) is 0 Å². The molecule has 106 valence electrons. The number of ether oxygens (including phenoxy) is 1. The van der Waals surface area contributed by atoms with Crippen molar-refractivity contribution in [1.29, 1.82) is 0 Å². The second-order valence-electron chi connectivity index (χ2n) is 4.25. The van der Waals surface area contributed by atoms with E-state index in [-0.39, 0.29) is 12.6 Å². The summed E-state index contributed by atoms with van der Waals surface area (Å²) in [5.41, 5.74) is 1.53. The Morgan fingerprint density at radius 3 is 2.65 bits per heavy atom. The summed E-state index contributed by atoms with van der Waals surface area (Å²) in [5.74, 6) is 0.698. The van der Waals surface area contributed by atoms with E-state index < -0.39 is 0 Å². The van der Waals surface area contributed by atoms with Gasteiger partial charge in [-0.15, -0.1) is 0 Å². The van der Waals surface area contributed by atoms with Crippen LogP contribution in [0.3, 0.4) is 0 Å². The van der Waals surface area contributed by atoms with Crippen LogP contribution < -0.4 is 10.1 Å². The molecule has 20 heavy (non-hydrogen) atoms. The van der Waals surface area contributed by atoms with Crippen LogP contribution in [0.1, 0.15) is 11.6 Å². The van der Waals surface area contributed by atoms with E-state index in [2.05, 4.69) is 5.32 Å². The lowest BCUT2D eigenvalue weighted by Gasteiger charge is -2.21. The van der Waals surface area contributed by atoms with Crippen LogP contribution in [0.5, 0.6) is 5.75 Å². The Bertz CT molecular complexity index is 590. The molecular weight excluding hydrogens is 297 g/mol. The maximum absolute atomic E-state index is 9.61. The van der Waals surface area contributed by atoms with Gasteiger partial charge in [0.05, 0.1) is 25.4 Å². The van der Waals surface area contributed by atoms with E-state index in [1.54, 1.807) is 25.3 Å². The number of aliphatic hydroxyl groups excluding tert-OH is 1. The summed E-state index contributed by atoms with van der Waals surface area (Å²) in [4.78, 5) is 0. The second kappa shape index (κ2) is 6.84. The quantitative estimate of drug-likeness (QED) is 0.871. The largest absolute Gasteiger partial charge is 0.495 e. The number of rotatable bonds is 5. The molecule has 2 rings (SSSR count). The highest BCUT2D eigenvalue weighted by Gasteiger charge is 2.16. The maximum Gasteiger partial charge on any atom is 0.141 e. The summed E-state index contributed by atoms with van der Waals surface area (Å²) >= 11 is 12.2. The van der Waals surface area contributed by atoms with Gasteiger partial charge in [0, 0.05) is 10.0 Å². The molecule has 0 fully saturated rings. The predicted molar refractivity (Wildman–Crippen MR) is 82.9 cm³/mol. The first kappa shape index (κ1) is 15.0. The molecule has 0 amide bonds. The fraction of sp³-hybridized carbons (Fsp3) is 0.200. The molecule has 0 saturated carbocycles. The number of hydrogen-bond acceptors (Lipinski definition) is 3. The van der Waals surface area contributed by atoms with Crippen molar-refractivity contribution in [3.63, 3.8) is 0 Å².